The maximum absolute atomic E-state index is 11.8. The Morgan fingerprint density at radius 3 is 2.18 bits per heavy atom. The summed E-state index contributed by atoms with van der Waals surface area (Å²) in [6.07, 6.45) is 1.83. The zero-order valence-electron chi connectivity index (χ0n) is 9.37. The molecule has 0 amide bonds. The van der Waals surface area contributed by atoms with Crippen LogP contribution in [0, 0.1) is 0 Å². The Kier molecular flexibility index (Phi) is 4.15. The van der Waals surface area contributed by atoms with Crippen LogP contribution in [0.1, 0.15) is 19.3 Å². The maximum Gasteiger partial charge on any atom is 0.304 e. The second-order valence-corrected chi connectivity index (χ2v) is 8.57. The standard InChI is InChI=1S/C8H15NO6S2/c1-16(12,13)6-17(14,15)9(7-2-3-7)5-4-8(10)11/h7H,2-6H2,1H3,(H,10,11). The SMILES string of the molecule is CS(=O)(=O)CS(=O)(=O)N(CCC(=O)O)C1CC1. The van der Waals surface area contributed by atoms with E-state index in [-0.39, 0.29) is 19.0 Å². The molecule has 17 heavy (non-hydrogen) atoms. The van der Waals surface area contributed by atoms with Gasteiger partial charge in [0.1, 0.15) is 0 Å². The summed E-state index contributed by atoms with van der Waals surface area (Å²) in [4.78, 5) is 10.4. The van der Waals surface area contributed by atoms with Crippen molar-refractivity contribution in [3.63, 3.8) is 0 Å². The molecule has 0 unspecified atom stereocenters. The number of carbonyl (C=O) groups is 1. The van der Waals surface area contributed by atoms with Crippen molar-refractivity contribution in [1.29, 1.82) is 0 Å². The molecule has 1 fully saturated rings. The quantitative estimate of drug-likeness (QED) is 0.659. The third-order valence-corrected chi connectivity index (χ3v) is 6.32. The van der Waals surface area contributed by atoms with Gasteiger partial charge in [-0.15, -0.1) is 0 Å². The third-order valence-electron chi connectivity index (χ3n) is 2.22. The minimum atomic E-state index is -3.93. The molecule has 100 valence electrons. The van der Waals surface area contributed by atoms with Crippen LogP contribution in [0.4, 0.5) is 0 Å². The normalized spacial score (nSPS) is 17.3. The smallest absolute Gasteiger partial charge is 0.304 e. The summed E-state index contributed by atoms with van der Waals surface area (Å²) in [5, 5.41) is 7.56. The van der Waals surface area contributed by atoms with Gasteiger partial charge < -0.3 is 5.11 Å². The van der Waals surface area contributed by atoms with Crippen LogP contribution in [0.3, 0.4) is 0 Å². The van der Waals surface area contributed by atoms with E-state index < -0.39 is 30.9 Å². The van der Waals surface area contributed by atoms with Crippen molar-refractivity contribution in [2.75, 3.05) is 17.9 Å². The van der Waals surface area contributed by atoms with Crippen molar-refractivity contribution in [3.8, 4) is 0 Å². The maximum atomic E-state index is 11.8. The van der Waals surface area contributed by atoms with Crippen molar-refractivity contribution in [1.82, 2.24) is 4.31 Å². The average molecular weight is 285 g/mol. The Labute approximate surface area is 100 Å². The molecule has 1 saturated carbocycles. The lowest BCUT2D eigenvalue weighted by Crippen LogP contribution is -2.38. The molecule has 0 aliphatic heterocycles. The zero-order valence-corrected chi connectivity index (χ0v) is 11.0. The predicted octanol–water partition coefficient (Wildman–Crippen LogP) is -0.743. The van der Waals surface area contributed by atoms with Gasteiger partial charge in [-0.25, -0.2) is 16.8 Å². The molecular formula is C8H15NO6S2. The zero-order chi connectivity index (χ0) is 13.3. The second kappa shape index (κ2) is 4.91. The lowest BCUT2D eigenvalue weighted by atomic mass is 10.4. The van der Waals surface area contributed by atoms with Gasteiger partial charge in [0, 0.05) is 18.8 Å². The fourth-order valence-corrected chi connectivity index (χ4v) is 5.20. The summed E-state index contributed by atoms with van der Waals surface area (Å²) >= 11 is 0. The first-order chi connectivity index (χ1) is 7.62. The van der Waals surface area contributed by atoms with Crippen LogP contribution in [0.15, 0.2) is 0 Å². The largest absolute Gasteiger partial charge is 0.481 e. The number of rotatable bonds is 7. The fraction of sp³-hybridized carbons (Fsp3) is 0.875. The highest BCUT2D eigenvalue weighted by Crippen LogP contribution is 2.29. The van der Waals surface area contributed by atoms with Gasteiger partial charge in [-0.05, 0) is 12.8 Å². The second-order valence-electron chi connectivity index (χ2n) is 4.14. The number of hydrogen-bond donors (Lipinski definition) is 1. The van der Waals surface area contributed by atoms with E-state index in [1.54, 1.807) is 0 Å². The molecule has 0 saturated heterocycles. The molecule has 0 heterocycles. The molecule has 0 atom stereocenters. The summed E-state index contributed by atoms with van der Waals surface area (Å²) in [6, 6.07) is -0.235. The van der Waals surface area contributed by atoms with Crippen LogP contribution in [-0.4, -0.2) is 56.1 Å². The van der Waals surface area contributed by atoms with E-state index in [0.717, 1.165) is 10.6 Å². The number of sulfonamides is 1. The molecule has 1 aliphatic rings. The molecule has 7 nitrogen and oxygen atoms in total. The first-order valence-electron chi connectivity index (χ1n) is 5.01. The summed E-state index contributed by atoms with van der Waals surface area (Å²) < 4.78 is 46.6. The number of aliphatic carboxylic acids is 1. The van der Waals surface area contributed by atoms with Crippen LogP contribution < -0.4 is 0 Å². The van der Waals surface area contributed by atoms with Gasteiger partial charge >= 0.3 is 5.97 Å². The monoisotopic (exact) mass is 285 g/mol. The molecule has 0 aromatic carbocycles. The molecule has 0 radical (unpaired) electrons. The van der Waals surface area contributed by atoms with Gasteiger partial charge in [0.25, 0.3) is 0 Å². The Hall–Kier alpha value is -0.670. The van der Waals surface area contributed by atoms with Gasteiger partial charge in [-0.1, -0.05) is 0 Å². The predicted molar refractivity (Wildman–Crippen MR) is 60.6 cm³/mol. The van der Waals surface area contributed by atoms with E-state index in [2.05, 4.69) is 0 Å². The Morgan fingerprint density at radius 2 is 1.82 bits per heavy atom. The highest BCUT2D eigenvalue weighted by Gasteiger charge is 2.38. The summed E-state index contributed by atoms with van der Waals surface area (Å²) in [7, 11) is -7.58. The first kappa shape index (κ1) is 14.4. The molecule has 9 heteroatoms. The van der Waals surface area contributed by atoms with Crippen molar-refractivity contribution in [2.24, 2.45) is 0 Å². The van der Waals surface area contributed by atoms with Crippen LogP contribution in [0.5, 0.6) is 0 Å². The average Bonchev–Trinajstić information content (AvgIpc) is 2.81. The topological polar surface area (TPSA) is 109 Å². The van der Waals surface area contributed by atoms with Crippen molar-refractivity contribution in [3.05, 3.63) is 0 Å². The highest BCUT2D eigenvalue weighted by molar-refractivity contribution is 8.06. The fourth-order valence-electron chi connectivity index (χ4n) is 1.46. The molecule has 0 aromatic heterocycles. The van der Waals surface area contributed by atoms with Gasteiger partial charge in [0.05, 0.1) is 6.42 Å². The van der Waals surface area contributed by atoms with Crippen LogP contribution in [0.2, 0.25) is 0 Å². The third kappa shape index (κ3) is 5.00. The van der Waals surface area contributed by atoms with E-state index in [1.807, 2.05) is 0 Å². The van der Waals surface area contributed by atoms with E-state index in [1.165, 1.54) is 0 Å². The number of carboxylic acid groups (broad SMARTS) is 1. The number of carboxylic acids is 1. The summed E-state index contributed by atoms with van der Waals surface area (Å²) in [5.41, 5.74) is 0. The van der Waals surface area contributed by atoms with E-state index in [4.69, 9.17) is 5.11 Å². The Bertz CT molecular complexity index is 490. The molecular weight excluding hydrogens is 270 g/mol. The van der Waals surface area contributed by atoms with Gasteiger partial charge in [-0.3, -0.25) is 4.79 Å². The molecule has 1 aliphatic carbocycles. The minimum absolute atomic E-state index is 0.169. The van der Waals surface area contributed by atoms with Crippen LogP contribution >= 0.6 is 0 Å². The number of hydrogen-bond acceptors (Lipinski definition) is 5. The van der Waals surface area contributed by atoms with Crippen LogP contribution in [-0.2, 0) is 24.7 Å². The van der Waals surface area contributed by atoms with E-state index in [9.17, 15) is 21.6 Å². The lowest BCUT2D eigenvalue weighted by molar-refractivity contribution is -0.137. The Morgan fingerprint density at radius 1 is 1.29 bits per heavy atom. The van der Waals surface area contributed by atoms with Gasteiger partial charge in [0.15, 0.2) is 14.9 Å². The minimum Gasteiger partial charge on any atom is -0.481 e. The molecule has 0 spiro atoms. The van der Waals surface area contributed by atoms with Crippen molar-refractivity contribution in [2.45, 2.75) is 25.3 Å². The van der Waals surface area contributed by atoms with E-state index >= 15 is 0 Å². The van der Waals surface area contributed by atoms with Crippen molar-refractivity contribution >= 4 is 25.8 Å². The van der Waals surface area contributed by atoms with Gasteiger partial charge in [-0.2, -0.15) is 4.31 Å². The van der Waals surface area contributed by atoms with Gasteiger partial charge in [0.2, 0.25) is 10.0 Å². The van der Waals surface area contributed by atoms with Crippen LogP contribution in [0.25, 0.3) is 0 Å². The number of sulfone groups is 1. The molecule has 1 N–H and O–H groups in total. The highest BCUT2D eigenvalue weighted by atomic mass is 32.3. The van der Waals surface area contributed by atoms with E-state index in [0.29, 0.717) is 12.8 Å². The summed E-state index contributed by atoms with van der Waals surface area (Å²) in [6.45, 7) is -0.169. The molecule has 1 rings (SSSR count). The summed E-state index contributed by atoms with van der Waals surface area (Å²) in [5.74, 6) is -1.11. The number of nitrogens with zero attached hydrogens (tertiary/aromatic N) is 1. The molecule has 0 bridgehead atoms. The lowest BCUT2D eigenvalue weighted by Gasteiger charge is -2.20. The first-order valence-corrected chi connectivity index (χ1v) is 8.68. The Balaban J connectivity index is 2.79. The van der Waals surface area contributed by atoms with Crippen molar-refractivity contribution < 1.29 is 26.7 Å². The molecule has 0 aromatic rings.